The van der Waals surface area contributed by atoms with Crippen LogP contribution >= 0.6 is 45.2 Å². The molecular weight excluding hydrogens is 738 g/mol. The van der Waals surface area contributed by atoms with E-state index in [-0.39, 0.29) is 0 Å². The first-order chi connectivity index (χ1) is 20.0. The summed E-state index contributed by atoms with van der Waals surface area (Å²) in [6.45, 7) is 0. The average Bonchev–Trinajstić information content (AvgIpc) is 2.99. The van der Waals surface area contributed by atoms with Gasteiger partial charge in [0.05, 0.1) is 11.1 Å². The second-order valence-electron chi connectivity index (χ2n) is 9.50. The fraction of sp³-hybridized carbons (Fsp3) is 0.0286. The molecule has 6 rings (SSSR count). The van der Waals surface area contributed by atoms with Crippen molar-refractivity contribution in [1.29, 1.82) is 0 Å². The van der Waals surface area contributed by atoms with E-state index in [2.05, 4.69) is 45.2 Å². The molecule has 0 aliphatic heterocycles. The molecule has 0 N–H and O–H groups in total. The minimum atomic E-state index is -0.428. The summed E-state index contributed by atoms with van der Waals surface area (Å²) in [5, 5.41) is 3.97. The maximum atomic E-state index is 13.2. The van der Waals surface area contributed by atoms with Crippen LogP contribution in [0.4, 0.5) is 0 Å². The van der Waals surface area contributed by atoms with E-state index >= 15 is 0 Å². The van der Waals surface area contributed by atoms with Crippen molar-refractivity contribution in [1.82, 2.24) is 0 Å². The quantitative estimate of drug-likeness (QED) is 0.0966. The van der Waals surface area contributed by atoms with Gasteiger partial charge in [-0.1, -0.05) is 72.8 Å². The van der Waals surface area contributed by atoms with Gasteiger partial charge in [-0.2, -0.15) is 0 Å². The third-order valence-electron chi connectivity index (χ3n) is 6.87. The van der Waals surface area contributed by atoms with Crippen LogP contribution in [0.1, 0.15) is 31.8 Å². The predicted molar refractivity (Wildman–Crippen MR) is 179 cm³/mol. The van der Waals surface area contributed by atoms with E-state index in [1.165, 1.54) is 0 Å². The summed E-state index contributed by atoms with van der Waals surface area (Å²) >= 11 is 4.36. The zero-order valence-electron chi connectivity index (χ0n) is 21.6. The number of hydrogen-bond acceptors (Lipinski definition) is 4. The Kier molecular flexibility index (Phi) is 8.02. The fourth-order valence-electron chi connectivity index (χ4n) is 4.91. The van der Waals surface area contributed by atoms with Gasteiger partial charge in [0, 0.05) is 24.7 Å². The number of halogens is 2. The summed E-state index contributed by atoms with van der Waals surface area (Å²) in [7, 11) is 0. The van der Waals surface area contributed by atoms with Crippen LogP contribution in [0.3, 0.4) is 0 Å². The number of benzene rings is 6. The third kappa shape index (κ3) is 5.99. The van der Waals surface area contributed by atoms with Crippen LogP contribution < -0.4 is 9.47 Å². The maximum Gasteiger partial charge on any atom is 0.343 e. The highest BCUT2D eigenvalue weighted by atomic mass is 127. The SMILES string of the molecule is O=C(Oc1ccc2ccccc2c1Cc1c(OC(=O)c2cccc(I)c2)ccc2ccccc12)c1cccc(I)c1. The molecule has 0 saturated heterocycles. The minimum Gasteiger partial charge on any atom is -0.423 e. The van der Waals surface area contributed by atoms with Gasteiger partial charge < -0.3 is 9.47 Å². The van der Waals surface area contributed by atoms with E-state index < -0.39 is 11.9 Å². The van der Waals surface area contributed by atoms with Gasteiger partial charge in [0.15, 0.2) is 0 Å². The van der Waals surface area contributed by atoms with Gasteiger partial charge in [-0.3, -0.25) is 0 Å². The lowest BCUT2D eigenvalue weighted by molar-refractivity contribution is 0.0726. The fourth-order valence-corrected chi connectivity index (χ4v) is 6.00. The molecule has 0 atom stereocenters. The first-order valence-electron chi connectivity index (χ1n) is 12.9. The second-order valence-corrected chi connectivity index (χ2v) is 12.0. The smallest absolute Gasteiger partial charge is 0.343 e. The number of esters is 2. The van der Waals surface area contributed by atoms with Crippen molar-refractivity contribution in [2.24, 2.45) is 0 Å². The van der Waals surface area contributed by atoms with Crippen molar-refractivity contribution in [3.05, 3.63) is 151 Å². The van der Waals surface area contributed by atoms with Crippen LogP contribution in [0, 0.1) is 7.14 Å². The summed E-state index contributed by atoms with van der Waals surface area (Å²) in [5.74, 6) is 0.0809. The Labute approximate surface area is 264 Å². The standard InChI is InChI=1S/C35H22I2O4/c36-26-11-5-9-24(19-26)34(38)40-32-17-15-22-7-1-3-13-28(22)30(32)21-31-29-14-4-2-8-23(29)16-18-33(31)41-35(39)25-10-6-12-27(37)20-25/h1-20H,21H2. The van der Waals surface area contributed by atoms with Crippen molar-refractivity contribution in [2.75, 3.05) is 0 Å². The third-order valence-corrected chi connectivity index (χ3v) is 8.22. The highest BCUT2D eigenvalue weighted by molar-refractivity contribution is 14.1. The van der Waals surface area contributed by atoms with Crippen molar-refractivity contribution >= 4 is 78.7 Å². The number of ether oxygens (including phenoxy) is 2. The highest BCUT2D eigenvalue weighted by Gasteiger charge is 2.20. The van der Waals surface area contributed by atoms with Crippen molar-refractivity contribution in [3.8, 4) is 11.5 Å². The summed E-state index contributed by atoms with van der Waals surface area (Å²) in [6, 6.07) is 38.2. The van der Waals surface area contributed by atoms with Crippen LogP contribution in [-0.2, 0) is 6.42 Å². The minimum absolute atomic E-state index is 0.382. The number of carbonyl (C=O) groups is 2. The van der Waals surface area contributed by atoms with E-state index in [0.717, 1.165) is 39.8 Å². The molecule has 200 valence electrons. The van der Waals surface area contributed by atoms with Gasteiger partial charge in [0.25, 0.3) is 0 Å². The Balaban J connectivity index is 1.46. The average molecular weight is 760 g/mol. The molecule has 6 heteroatoms. The van der Waals surface area contributed by atoms with E-state index in [0.29, 0.717) is 29.0 Å². The van der Waals surface area contributed by atoms with Gasteiger partial charge in [0.1, 0.15) is 11.5 Å². The van der Waals surface area contributed by atoms with E-state index in [1.54, 1.807) is 24.3 Å². The molecule has 0 bridgehead atoms. The second kappa shape index (κ2) is 12.0. The summed E-state index contributed by atoms with van der Waals surface area (Å²) in [5.41, 5.74) is 2.64. The lowest BCUT2D eigenvalue weighted by atomic mass is 9.93. The topological polar surface area (TPSA) is 52.6 Å². The van der Waals surface area contributed by atoms with Crippen LogP contribution in [0.15, 0.2) is 121 Å². The molecular formula is C35H22I2O4. The van der Waals surface area contributed by atoms with Crippen LogP contribution in [-0.4, -0.2) is 11.9 Å². The molecule has 0 amide bonds. The molecule has 41 heavy (non-hydrogen) atoms. The van der Waals surface area contributed by atoms with E-state index in [1.807, 2.05) is 97.1 Å². The molecule has 0 aliphatic rings. The Morgan fingerprint density at radius 3 is 1.39 bits per heavy atom. The molecule has 0 aliphatic carbocycles. The van der Waals surface area contributed by atoms with E-state index in [9.17, 15) is 9.59 Å². The lowest BCUT2D eigenvalue weighted by Crippen LogP contribution is -2.12. The predicted octanol–water partition coefficient (Wildman–Crippen LogP) is 9.23. The van der Waals surface area contributed by atoms with E-state index in [4.69, 9.17) is 9.47 Å². The molecule has 0 heterocycles. The number of hydrogen-bond donors (Lipinski definition) is 0. The zero-order valence-corrected chi connectivity index (χ0v) is 26.0. The van der Waals surface area contributed by atoms with Crippen molar-refractivity contribution in [3.63, 3.8) is 0 Å². The number of carbonyl (C=O) groups excluding carboxylic acids is 2. The lowest BCUT2D eigenvalue weighted by Gasteiger charge is -2.17. The van der Waals surface area contributed by atoms with Gasteiger partial charge in [-0.05, 0) is 115 Å². The maximum absolute atomic E-state index is 13.2. The molecule has 0 fully saturated rings. The molecule has 0 saturated carbocycles. The molecule has 0 unspecified atom stereocenters. The zero-order chi connectivity index (χ0) is 28.3. The van der Waals surface area contributed by atoms with Crippen LogP contribution in [0.5, 0.6) is 11.5 Å². The summed E-state index contributed by atoms with van der Waals surface area (Å²) in [6.07, 6.45) is 0.382. The Bertz CT molecular complexity index is 1810. The van der Waals surface area contributed by atoms with Gasteiger partial charge in [-0.15, -0.1) is 0 Å². The van der Waals surface area contributed by atoms with Gasteiger partial charge in [0.2, 0.25) is 0 Å². The van der Waals surface area contributed by atoms with Crippen LogP contribution in [0.2, 0.25) is 0 Å². The molecule has 6 aromatic rings. The summed E-state index contributed by atoms with van der Waals surface area (Å²) in [4.78, 5) is 26.4. The first kappa shape index (κ1) is 27.4. The molecule has 0 spiro atoms. The number of fused-ring (bicyclic) bond motifs is 2. The summed E-state index contributed by atoms with van der Waals surface area (Å²) < 4.78 is 14.0. The monoisotopic (exact) mass is 760 g/mol. The first-order valence-corrected chi connectivity index (χ1v) is 15.1. The Morgan fingerprint density at radius 2 is 0.951 bits per heavy atom. The molecule has 4 nitrogen and oxygen atoms in total. The molecule has 6 aromatic carbocycles. The molecule has 0 radical (unpaired) electrons. The van der Waals surface area contributed by atoms with Crippen LogP contribution in [0.25, 0.3) is 21.5 Å². The van der Waals surface area contributed by atoms with Crippen molar-refractivity contribution < 1.29 is 19.1 Å². The van der Waals surface area contributed by atoms with Crippen molar-refractivity contribution in [2.45, 2.75) is 6.42 Å². The molecule has 0 aromatic heterocycles. The van der Waals surface area contributed by atoms with Gasteiger partial charge in [-0.25, -0.2) is 9.59 Å². The number of rotatable bonds is 6. The normalized spacial score (nSPS) is 11.0. The largest absolute Gasteiger partial charge is 0.423 e. The highest BCUT2D eigenvalue weighted by Crippen LogP contribution is 2.37. The van der Waals surface area contributed by atoms with Gasteiger partial charge >= 0.3 is 11.9 Å². The Morgan fingerprint density at radius 1 is 0.512 bits per heavy atom. The Hall–Kier alpha value is -3.76.